The Bertz CT molecular complexity index is 87.9. The normalized spacial score (nSPS) is 3.33. The third-order valence-electron chi connectivity index (χ3n) is 0. The predicted octanol–water partition coefficient (Wildman–Crippen LogP) is -14.5. The average Bonchev–Trinajstić information content (AvgIpc) is 1.25. The van der Waals surface area contributed by atoms with E-state index in [2.05, 4.69) is 0 Å². The number of aliphatic carboxylic acids is 2. The van der Waals surface area contributed by atoms with Crippen molar-refractivity contribution in [2.45, 2.75) is 13.8 Å². The second kappa shape index (κ2) is 56.0. The fourth-order valence-corrected chi connectivity index (χ4v) is 0. The van der Waals surface area contributed by atoms with Crippen molar-refractivity contribution in [3.63, 3.8) is 0 Å². The van der Waals surface area contributed by atoms with Crippen molar-refractivity contribution >= 4 is 11.9 Å². The number of halogens is 4. The first-order valence-corrected chi connectivity index (χ1v) is 1.82. The van der Waals surface area contributed by atoms with Crippen LogP contribution in [0.25, 0.3) is 0 Å². The molecule has 15 heavy (non-hydrogen) atoms. The number of carbonyl (C=O) groups excluding carboxylic acids is 2. The summed E-state index contributed by atoms with van der Waals surface area (Å²) in [7, 11) is 0. The average molecular weight is 579 g/mol. The molecule has 0 saturated heterocycles. The molecule has 0 radical (unpaired) electrons. The summed E-state index contributed by atoms with van der Waals surface area (Å²) in [6.07, 6.45) is 0. The van der Waals surface area contributed by atoms with Crippen LogP contribution in [0.15, 0.2) is 0 Å². The summed E-state index contributed by atoms with van der Waals surface area (Å²) in [5.41, 5.74) is 0. The molecule has 0 aromatic heterocycles. The molecule has 0 amide bonds. The summed E-state index contributed by atoms with van der Waals surface area (Å²) in [4.78, 5) is 17.8. The van der Waals surface area contributed by atoms with Gasteiger partial charge < -0.3 is 69.4 Å². The summed E-state index contributed by atoms with van der Waals surface area (Å²) in [5.74, 6) is -2.17. The SMILES string of the molecule is CC(=O)[O-].CC(=O)[O-].[Cl-].[Cl-].[Cl-].[Cl-].[Pd+2].[Pd+2].[Pd+2]. The topological polar surface area (TPSA) is 80.3 Å². The van der Waals surface area contributed by atoms with Gasteiger partial charge in [0.1, 0.15) is 0 Å². The first kappa shape index (κ1) is 67.6. The number of carboxylic acid groups (broad SMARTS) is 2. The molecule has 0 spiro atoms. The standard InChI is InChI=1S/2C2H4O2.4ClH.3Pd/c2*1-2(3)4;;;;;;;/h2*1H3,(H,3,4);4*1H;;;/q;;;;;;3*+2/p-6. The summed E-state index contributed by atoms with van der Waals surface area (Å²) < 4.78 is 0. The van der Waals surface area contributed by atoms with E-state index in [-0.39, 0.29) is 111 Å². The van der Waals surface area contributed by atoms with Crippen LogP contribution in [0.2, 0.25) is 0 Å². The van der Waals surface area contributed by atoms with Crippen molar-refractivity contribution in [1.82, 2.24) is 0 Å². The minimum Gasteiger partial charge on any atom is -1.00 e. The van der Waals surface area contributed by atoms with Crippen LogP contribution >= 0.6 is 0 Å². The van der Waals surface area contributed by atoms with Crippen LogP contribution in [0.1, 0.15) is 13.8 Å². The van der Waals surface area contributed by atoms with Crippen molar-refractivity contribution in [3.8, 4) is 0 Å². The molecule has 0 unspecified atom stereocenters. The molecule has 0 saturated carbocycles. The van der Waals surface area contributed by atoms with Crippen LogP contribution in [-0.2, 0) is 70.9 Å². The monoisotopic (exact) mass is 576 g/mol. The molecule has 4 nitrogen and oxygen atoms in total. The molecular weight excluding hydrogens is 573 g/mol. The fraction of sp³-hybridized carbons (Fsp3) is 0.500. The van der Waals surface area contributed by atoms with Crippen LogP contribution < -0.4 is 59.8 Å². The van der Waals surface area contributed by atoms with Gasteiger partial charge in [0, 0.05) is 11.9 Å². The van der Waals surface area contributed by atoms with Gasteiger partial charge in [0.2, 0.25) is 0 Å². The van der Waals surface area contributed by atoms with E-state index in [1.165, 1.54) is 0 Å². The molecule has 0 aliphatic carbocycles. The zero-order valence-electron chi connectivity index (χ0n) is 7.09. The van der Waals surface area contributed by atoms with E-state index in [1.807, 2.05) is 0 Å². The first-order valence-electron chi connectivity index (χ1n) is 1.82. The first-order chi connectivity index (χ1) is 3.46. The number of carboxylic acids is 2. The van der Waals surface area contributed by atoms with Gasteiger partial charge in [-0.2, -0.15) is 0 Å². The van der Waals surface area contributed by atoms with Gasteiger partial charge in [0.05, 0.1) is 0 Å². The van der Waals surface area contributed by atoms with Crippen molar-refractivity contribution in [1.29, 1.82) is 0 Å². The van der Waals surface area contributed by atoms with E-state index in [0.717, 1.165) is 13.8 Å². The van der Waals surface area contributed by atoms with Crippen molar-refractivity contribution < 1.29 is 131 Å². The Hall–Kier alpha value is 2.09. The third kappa shape index (κ3) is 733. The molecule has 0 aromatic rings. The molecule has 104 valence electrons. The van der Waals surface area contributed by atoms with Gasteiger partial charge in [0.15, 0.2) is 0 Å². The van der Waals surface area contributed by atoms with E-state index in [9.17, 15) is 0 Å². The van der Waals surface area contributed by atoms with Crippen molar-refractivity contribution in [2.24, 2.45) is 0 Å². The number of rotatable bonds is 0. The Morgan fingerprint density at radius 3 is 0.667 bits per heavy atom. The number of carbonyl (C=O) groups is 2. The molecule has 0 aromatic carbocycles. The second-order valence-electron chi connectivity index (χ2n) is 0.983. The minimum atomic E-state index is -1.08. The van der Waals surface area contributed by atoms with E-state index < -0.39 is 11.9 Å². The van der Waals surface area contributed by atoms with Gasteiger partial charge >= 0.3 is 61.3 Å². The van der Waals surface area contributed by atoms with Crippen LogP contribution in [0, 0.1) is 0 Å². The van der Waals surface area contributed by atoms with E-state index in [4.69, 9.17) is 19.8 Å². The zero-order chi connectivity index (χ0) is 7.15. The molecule has 0 aliphatic heterocycles. The molecular formula is C4H6Cl4O4Pd3. The Morgan fingerprint density at radius 1 is 0.667 bits per heavy atom. The van der Waals surface area contributed by atoms with Crippen LogP contribution in [0.4, 0.5) is 0 Å². The van der Waals surface area contributed by atoms with Crippen molar-refractivity contribution in [3.05, 3.63) is 0 Å². The molecule has 0 heterocycles. The maximum Gasteiger partial charge on any atom is 2.00 e. The fourth-order valence-electron chi connectivity index (χ4n) is 0. The predicted molar refractivity (Wildman–Crippen MR) is 21.4 cm³/mol. The molecule has 0 fully saturated rings. The summed E-state index contributed by atoms with van der Waals surface area (Å²) >= 11 is 0. The number of hydrogen-bond donors (Lipinski definition) is 0. The largest absolute Gasteiger partial charge is 2.00 e. The van der Waals surface area contributed by atoms with Crippen LogP contribution in [0.3, 0.4) is 0 Å². The molecule has 0 N–H and O–H groups in total. The van der Waals surface area contributed by atoms with Gasteiger partial charge in [0.25, 0.3) is 0 Å². The van der Waals surface area contributed by atoms with Gasteiger partial charge in [-0.15, -0.1) is 0 Å². The maximum atomic E-state index is 8.89. The maximum absolute atomic E-state index is 8.89. The van der Waals surface area contributed by atoms with Gasteiger partial charge in [-0.25, -0.2) is 0 Å². The van der Waals surface area contributed by atoms with Gasteiger partial charge in [-0.05, 0) is 13.8 Å². The van der Waals surface area contributed by atoms with E-state index in [0.29, 0.717) is 0 Å². The van der Waals surface area contributed by atoms with E-state index in [1.54, 1.807) is 0 Å². The molecule has 0 aliphatic rings. The van der Waals surface area contributed by atoms with Gasteiger partial charge in [-0.1, -0.05) is 0 Å². The van der Waals surface area contributed by atoms with Crippen LogP contribution in [-0.4, -0.2) is 11.9 Å². The summed E-state index contributed by atoms with van der Waals surface area (Å²) in [6, 6.07) is 0. The zero-order valence-corrected chi connectivity index (χ0v) is 14.8. The van der Waals surface area contributed by atoms with Gasteiger partial charge in [-0.3, -0.25) is 0 Å². The van der Waals surface area contributed by atoms with Crippen molar-refractivity contribution in [2.75, 3.05) is 0 Å². The van der Waals surface area contributed by atoms with E-state index >= 15 is 0 Å². The minimum absolute atomic E-state index is 0. The number of hydrogen-bond acceptors (Lipinski definition) is 4. The summed E-state index contributed by atoms with van der Waals surface area (Å²) in [6.45, 7) is 1.94. The molecule has 0 rings (SSSR count). The Morgan fingerprint density at radius 2 is 0.667 bits per heavy atom. The second-order valence-corrected chi connectivity index (χ2v) is 0.983. The Balaban J connectivity index is -0.00000000468. The molecule has 11 heteroatoms. The Labute approximate surface area is 155 Å². The van der Waals surface area contributed by atoms with Crippen LogP contribution in [0.5, 0.6) is 0 Å². The Kier molecular flexibility index (Phi) is 252. The summed E-state index contributed by atoms with van der Waals surface area (Å²) in [5, 5.41) is 17.8. The molecule has 0 atom stereocenters. The molecule has 0 bridgehead atoms. The third-order valence-corrected chi connectivity index (χ3v) is 0. The smallest absolute Gasteiger partial charge is 1.00 e. The quantitative estimate of drug-likeness (QED) is 0.268.